The van der Waals surface area contributed by atoms with Gasteiger partial charge in [0.15, 0.2) is 0 Å². The number of nitrogens with one attached hydrogen (secondary N) is 1. The first-order valence-corrected chi connectivity index (χ1v) is 7.62. The van der Waals surface area contributed by atoms with Gasteiger partial charge in [0.1, 0.15) is 11.6 Å². The second-order valence-corrected chi connectivity index (χ2v) is 6.10. The van der Waals surface area contributed by atoms with Crippen molar-refractivity contribution in [3.05, 3.63) is 29.6 Å². The minimum absolute atomic E-state index is 0.0718. The number of hydrogen-bond donors (Lipinski definition) is 2. The molecule has 2 unspecified atom stereocenters. The number of halogens is 1. The molecule has 1 heterocycles. The Labute approximate surface area is 119 Å². The van der Waals surface area contributed by atoms with Gasteiger partial charge in [-0.05, 0) is 45.2 Å². The normalized spacial score (nSPS) is 24.2. The summed E-state index contributed by atoms with van der Waals surface area (Å²) in [5, 5.41) is 13.5. The van der Waals surface area contributed by atoms with Crippen LogP contribution >= 0.6 is 0 Å². The standard InChI is InChI=1S/C16H23FN2O/c1-11(15-7-4-12(17)9-16(15)20)19(14-5-6-14)10-13-3-2-8-18-13/h4,7,9,11,13-14,18,20H,2-3,5-6,8,10H2,1H3. The molecule has 20 heavy (non-hydrogen) atoms. The number of phenols is 1. The molecule has 4 heteroatoms. The molecule has 1 aliphatic heterocycles. The summed E-state index contributed by atoms with van der Waals surface area (Å²) in [7, 11) is 0. The first-order chi connectivity index (χ1) is 9.65. The topological polar surface area (TPSA) is 35.5 Å². The number of phenolic OH excluding ortho intramolecular Hbond substituents is 1. The zero-order chi connectivity index (χ0) is 14.1. The van der Waals surface area contributed by atoms with Crippen molar-refractivity contribution in [1.29, 1.82) is 0 Å². The van der Waals surface area contributed by atoms with Gasteiger partial charge in [-0.2, -0.15) is 0 Å². The van der Waals surface area contributed by atoms with Crippen molar-refractivity contribution in [2.45, 2.75) is 50.7 Å². The maximum absolute atomic E-state index is 13.1. The maximum atomic E-state index is 13.1. The van der Waals surface area contributed by atoms with Crippen LogP contribution in [0.3, 0.4) is 0 Å². The molecule has 0 bridgehead atoms. The highest BCUT2D eigenvalue weighted by Gasteiger charge is 2.35. The molecule has 3 rings (SSSR count). The molecule has 1 aromatic carbocycles. The van der Waals surface area contributed by atoms with Crippen LogP contribution in [0.1, 0.15) is 44.2 Å². The first kappa shape index (κ1) is 13.8. The van der Waals surface area contributed by atoms with Crippen molar-refractivity contribution in [1.82, 2.24) is 10.2 Å². The third-order valence-corrected chi connectivity index (χ3v) is 4.55. The summed E-state index contributed by atoms with van der Waals surface area (Å²) >= 11 is 0. The lowest BCUT2D eigenvalue weighted by atomic mass is 10.0. The van der Waals surface area contributed by atoms with E-state index in [0.29, 0.717) is 12.1 Å². The molecule has 1 saturated heterocycles. The number of rotatable bonds is 5. The Hall–Kier alpha value is -1.13. The zero-order valence-electron chi connectivity index (χ0n) is 12.0. The second-order valence-electron chi connectivity index (χ2n) is 6.10. The molecule has 2 fully saturated rings. The van der Waals surface area contributed by atoms with E-state index in [1.54, 1.807) is 6.07 Å². The summed E-state index contributed by atoms with van der Waals surface area (Å²) in [5.41, 5.74) is 0.830. The van der Waals surface area contributed by atoms with Gasteiger partial charge in [0.25, 0.3) is 0 Å². The van der Waals surface area contributed by atoms with Crippen LogP contribution in [-0.2, 0) is 0 Å². The van der Waals surface area contributed by atoms with Crippen LogP contribution in [0, 0.1) is 5.82 Å². The van der Waals surface area contributed by atoms with Crippen molar-refractivity contribution >= 4 is 0 Å². The van der Waals surface area contributed by atoms with E-state index in [1.807, 2.05) is 0 Å². The number of hydrogen-bond acceptors (Lipinski definition) is 3. The van der Waals surface area contributed by atoms with Crippen LogP contribution in [0.5, 0.6) is 5.75 Å². The number of aromatic hydroxyl groups is 1. The molecule has 110 valence electrons. The zero-order valence-corrected chi connectivity index (χ0v) is 12.0. The van der Waals surface area contributed by atoms with Gasteiger partial charge in [-0.3, -0.25) is 4.90 Å². The van der Waals surface area contributed by atoms with E-state index < -0.39 is 0 Å². The average Bonchev–Trinajstić information content (AvgIpc) is 3.12. The SMILES string of the molecule is CC(c1ccc(F)cc1O)N(CC1CCCN1)C1CC1. The van der Waals surface area contributed by atoms with Gasteiger partial charge in [-0.15, -0.1) is 0 Å². The minimum Gasteiger partial charge on any atom is -0.508 e. The molecule has 2 atom stereocenters. The summed E-state index contributed by atoms with van der Waals surface area (Å²) in [5.74, 6) is -0.309. The van der Waals surface area contributed by atoms with Crippen molar-refractivity contribution < 1.29 is 9.50 Å². The molecule has 0 aromatic heterocycles. The van der Waals surface area contributed by atoms with E-state index >= 15 is 0 Å². The number of nitrogens with zero attached hydrogens (tertiary/aromatic N) is 1. The molecule has 0 radical (unpaired) electrons. The quantitative estimate of drug-likeness (QED) is 0.869. The minimum atomic E-state index is -0.381. The van der Waals surface area contributed by atoms with Crippen LogP contribution in [-0.4, -0.2) is 35.2 Å². The van der Waals surface area contributed by atoms with E-state index in [2.05, 4.69) is 17.1 Å². The first-order valence-electron chi connectivity index (χ1n) is 7.62. The van der Waals surface area contributed by atoms with Crippen molar-refractivity contribution in [3.8, 4) is 5.75 Å². The van der Waals surface area contributed by atoms with E-state index in [1.165, 1.54) is 37.8 Å². The highest BCUT2D eigenvalue weighted by molar-refractivity contribution is 5.35. The summed E-state index contributed by atoms with van der Waals surface area (Å²) in [6.07, 6.45) is 4.95. The van der Waals surface area contributed by atoms with Gasteiger partial charge in [-0.1, -0.05) is 6.07 Å². The van der Waals surface area contributed by atoms with E-state index in [4.69, 9.17) is 0 Å². The fraction of sp³-hybridized carbons (Fsp3) is 0.625. The smallest absolute Gasteiger partial charge is 0.126 e. The lowest BCUT2D eigenvalue weighted by Crippen LogP contribution is -2.40. The van der Waals surface area contributed by atoms with Gasteiger partial charge in [0, 0.05) is 36.3 Å². The third-order valence-electron chi connectivity index (χ3n) is 4.55. The highest BCUT2D eigenvalue weighted by atomic mass is 19.1. The molecule has 0 amide bonds. The van der Waals surface area contributed by atoms with Crippen LogP contribution in [0.15, 0.2) is 18.2 Å². The van der Waals surface area contributed by atoms with Gasteiger partial charge in [-0.25, -0.2) is 4.39 Å². The van der Waals surface area contributed by atoms with Crippen LogP contribution < -0.4 is 5.32 Å². The van der Waals surface area contributed by atoms with Gasteiger partial charge >= 0.3 is 0 Å². The molecule has 1 aliphatic carbocycles. The highest BCUT2D eigenvalue weighted by Crippen LogP contribution is 2.37. The Morgan fingerprint density at radius 1 is 1.40 bits per heavy atom. The third kappa shape index (κ3) is 2.96. The Kier molecular flexibility index (Phi) is 3.94. The molecule has 3 nitrogen and oxygen atoms in total. The molecular formula is C16H23FN2O. The van der Waals surface area contributed by atoms with Crippen molar-refractivity contribution in [2.24, 2.45) is 0 Å². The maximum Gasteiger partial charge on any atom is 0.126 e. The van der Waals surface area contributed by atoms with E-state index in [0.717, 1.165) is 18.7 Å². The molecule has 0 spiro atoms. The largest absolute Gasteiger partial charge is 0.508 e. The molecule has 1 aromatic rings. The van der Waals surface area contributed by atoms with Gasteiger partial charge < -0.3 is 10.4 Å². The second kappa shape index (κ2) is 5.70. The molecular weight excluding hydrogens is 255 g/mol. The lowest BCUT2D eigenvalue weighted by molar-refractivity contribution is 0.179. The van der Waals surface area contributed by atoms with Crippen molar-refractivity contribution in [2.75, 3.05) is 13.1 Å². The van der Waals surface area contributed by atoms with E-state index in [9.17, 15) is 9.50 Å². The molecule has 1 saturated carbocycles. The lowest BCUT2D eigenvalue weighted by Gasteiger charge is -2.32. The Morgan fingerprint density at radius 3 is 2.80 bits per heavy atom. The van der Waals surface area contributed by atoms with Gasteiger partial charge in [0.2, 0.25) is 0 Å². The average molecular weight is 278 g/mol. The summed E-state index contributed by atoms with van der Waals surface area (Å²) in [4.78, 5) is 2.47. The number of benzene rings is 1. The summed E-state index contributed by atoms with van der Waals surface area (Å²) < 4.78 is 13.1. The van der Waals surface area contributed by atoms with Crippen molar-refractivity contribution in [3.63, 3.8) is 0 Å². The van der Waals surface area contributed by atoms with Gasteiger partial charge in [0.05, 0.1) is 0 Å². The Morgan fingerprint density at radius 2 is 2.20 bits per heavy atom. The summed E-state index contributed by atoms with van der Waals surface area (Å²) in [6, 6.07) is 5.67. The predicted octanol–water partition coefficient (Wildman–Crippen LogP) is 2.81. The monoisotopic (exact) mass is 278 g/mol. The van der Waals surface area contributed by atoms with Crippen LogP contribution in [0.2, 0.25) is 0 Å². The van der Waals surface area contributed by atoms with E-state index in [-0.39, 0.29) is 17.6 Å². The van der Waals surface area contributed by atoms with Crippen LogP contribution in [0.25, 0.3) is 0 Å². The summed E-state index contributed by atoms with van der Waals surface area (Å²) in [6.45, 7) is 4.24. The molecule has 2 N–H and O–H groups in total. The fourth-order valence-corrected chi connectivity index (χ4v) is 3.25. The van der Waals surface area contributed by atoms with Crippen LogP contribution in [0.4, 0.5) is 4.39 Å². The predicted molar refractivity (Wildman–Crippen MR) is 77.2 cm³/mol. The Balaban J connectivity index is 1.75. The Bertz CT molecular complexity index is 470. The fourth-order valence-electron chi connectivity index (χ4n) is 3.25. The molecule has 2 aliphatic rings.